The zero-order valence-corrected chi connectivity index (χ0v) is 34.3. The van der Waals surface area contributed by atoms with E-state index in [1.165, 1.54) is 77.0 Å². The molecule has 306 valence electrons. The Morgan fingerprint density at radius 3 is 1.24 bits per heavy atom. The van der Waals surface area contributed by atoms with Crippen LogP contribution in [0.1, 0.15) is 147 Å². The molecule has 0 saturated carbocycles. The third kappa shape index (κ3) is 15.5. The Balaban J connectivity index is 1.67. The number of ether oxygens (including phenoxy) is 6. The first-order valence-corrected chi connectivity index (χ1v) is 20.8. The van der Waals surface area contributed by atoms with E-state index in [1.807, 2.05) is 36.4 Å². The predicted molar refractivity (Wildman–Crippen MR) is 218 cm³/mol. The van der Waals surface area contributed by atoms with Crippen LogP contribution in [0.15, 0.2) is 36.4 Å². The topological polar surface area (TPSA) is 166 Å². The van der Waals surface area contributed by atoms with Crippen molar-refractivity contribution in [3.63, 3.8) is 0 Å². The molecule has 0 fully saturated rings. The van der Waals surface area contributed by atoms with Gasteiger partial charge in [0.2, 0.25) is 0 Å². The highest BCUT2D eigenvalue weighted by Gasteiger charge is 2.29. The number of carbonyl (C=O) groups excluding carboxylic acids is 2. The fraction of sp³-hybridized carbons (Fsp3) is 0.571. The molecule has 2 amide bonds. The maximum Gasteiger partial charge on any atom is 0.279 e. The number of nitrogens with one attached hydrogen (secondary N) is 2. The Hall–Kier alpha value is -4.20. The Kier molecular flexibility index (Phi) is 21.8. The number of benzene rings is 2. The van der Waals surface area contributed by atoms with Gasteiger partial charge in [0, 0.05) is 0 Å². The van der Waals surface area contributed by atoms with Gasteiger partial charge in [0.15, 0.2) is 34.5 Å². The number of rotatable bonds is 30. The molecule has 0 unspecified atom stereocenters. The second-order valence-electron chi connectivity index (χ2n) is 13.6. The number of methoxy groups -OCH3 is 2. The number of nitrogen functional groups attached to an aromatic ring is 2. The lowest BCUT2D eigenvalue weighted by atomic mass is 10.1. The molecule has 3 aromatic rings. The average Bonchev–Trinajstić information content (AvgIpc) is 3.58. The minimum absolute atomic E-state index is 0.0228. The Morgan fingerprint density at radius 1 is 0.527 bits per heavy atom. The van der Waals surface area contributed by atoms with Gasteiger partial charge in [-0.15, -0.1) is 11.3 Å². The number of nitrogens with two attached hydrogens (primary N) is 2. The van der Waals surface area contributed by atoms with Gasteiger partial charge in [-0.1, -0.05) is 116 Å². The molecule has 0 aliphatic rings. The van der Waals surface area contributed by atoms with Crippen molar-refractivity contribution in [2.24, 2.45) is 11.7 Å². The van der Waals surface area contributed by atoms with Crippen molar-refractivity contribution < 1.29 is 38.0 Å². The third-order valence-corrected chi connectivity index (χ3v) is 10.4. The normalized spacial score (nSPS) is 10.9. The van der Waals surface area contributed by atoms with E-state index in [0.29, 0.717) is 36.2 Å². The molecule has 13 heteroatoms. The van der Waals surface area contributed by atoms with E-state index in [2.05, 4.69) is 24.7 Å². The van der Waals surface area contributed by atoms with Crippen molar-refractivity contribution in [3.05, 3.63) is 57.3 Å². The summed E-state index contributed by atoms with van der Waals surface area (Å²) in [6, 6.07) is 11.0. The summed E-state index contributed by atoms with van der Waals surface area (Å²) < 4.78 is 35.7. The van der Waals surface area contributed by atoms with Crippen molar-refractivity contribution >= 4 is 23.2 Å². The molecule has 0 aliphatic carbocycles. The highest BCUT2D eigenvalue weighted by molar-refractivity contribution is 7.16. The van der Waals surface area contributed by atoms with Crippen molar-refractivity contribution in [2.45, 2.75) is 130 Å². The largest absolute Gasteiger partial charge is 0.493 e. The molecule has 6 N–H and O–H groups in total. The minimum atomic E-state index is -0.650. The molecular formula is C42H64N4O8S. The Bertz CT molecular complexity index is 1450. The van der Waals surface area contributed by atoms with Gasteiger partial charge in [-0.05, 0) is 48.2 Å². The third-order valence-electron chi connectivity index (χ3n) is 9.23. The molecule has 2 aromatic carbocycles. The molecule has 12 nitrogen and oxygen atoms in total. The summed E-state index contributed by atoms with van der Waals surface area (Å²) in [5.41, 5.74) is 5.73. The first-order valence-electron chi connectivity index (χ1n) is 19.9. The van der Waals surface area contributed by atoms with Crippen LogP contribution in [-0.4, -0.2) is 39.2 Å². The van der Waals surface area contributed by atoms with Crippen molar-refractivity contribution in [2.75, 3.05) is 27.4 Å². The van der Waals surface area contributed by atoms with Crippen LogP contribution in [0.3, 0.4) is 0 Å². The predicted octanol–water partition coefficient (Wildman–Crippen LogP) is 9.17. The molecule has 1 aromatic heterocycles. The standard InChI is InChI=1S/C42H64N4O8S/c1-5-7-9-11-13-15-17-19-25-51-33-23-21-31(27-35(33)49-3)29-53-37-38(40(42(48)46-44)55-39(37)41(47)45-43)54-30-32-22-24-34(36(28-32)50-4)52-26-20-18-16-14-12-10-8-6-2/h21-24,27-28H,5-20,25-26,29-30,43-44H2,1-4H3,(H,45,47)(H,46,48). The smallest absolute Gasteiger partial charge is 0.279 e. The Morgan fingerprint density at radius 2 is 0.891 bits per heavy atom. The number of unbranched alkanes of at least 4 members (excludes halogenated alkanes) is 14. The fourth-order valence-corrected chi connectivity index (χ4v) is 7.08. The zero-order valence-electron chi connectivity index (χ0n) is 33.4. The van der Waals surface area contributed by atoms with Crippen LogP contribution >= 0.6 is 11.3 Å². The van der Waals surface area contributed by atoms with E-state index in [-0.39, 0.29) is 34.5 Å². The van der Waals surface area contributed by atoms with E-state index in [4.69, 9.17) is 40.1 Å². The van der Waals surface area contributed by atoms with E-state index in [9.17, 15) is 9.59 Å². The quantitative estimate of drug-likeness (QED) is 0.0222. The lowest BCUT2D eigenvalue weighted by molar-refractivity contribution is 0.0943. The summed E-state index contributed by atoms with van der Waals surface area (Å²) in [4.78, 5) is 25.9. The van der Waals surface area contributed by atoms with Crippen molar-refractivity contribution in [1.82, 2.24) is 10.9 Å². The van der Waals surface area contributed by atoms with Gasteiger partial charge in [-0.2, -0.15) is 0 Å². The SMILES string of the molecule is CCCCCCCCCCOc1ccc(COc2c(C(=O)NN)sc(C(=O)NN)c2OCc2ccc(OCCCCCCCCCC)c(OC)c2)cc1OC. The Labute approximate surface area is 331 Å². The highest BCUT2D eigenvalue weighted by atomic mass is 32.1. The van der Waals surface area contributed by atoms with E-state index >= 15 is 0 Å². The van der Waals surface area contributed by atoms with Crippen LogP contribution in [0.5, 0.6) is 34.5 Å². The van der Waals surface area contributed by atoms with Crippen LogP contribution < -0.4 is 51.0 Å². The van der Waals surface area contributed by atoms with Crippen LogP contribution in [0.2, 0.25) is 0 Å². The maximum atomic E-state index is 12.9. The van der Waals surface area contributed by atoms with E-state index in [0.717, 1.165) is 48.1 Å². The molecule has 1 heterocycles. The molecule has 0 spiro atoms. The molecule has 0 radical (unpaired) electrons. The van der Waals surface area contributed by atoms with Gasteiger partial charge < -0.3 is 28.4 Å². The maximum absolute atomic E-state index is 12.9. The number of hydrazine groups is 2. The van der Waals surface area contributed by atoms with Crippen molar-refractivity contribution in [1.29, 1.82) is 0 Å². The minimum Gasteiger partial charge on any atom is -0.493 e. The molecule has 0 aliphatic heterocycles. The summed E-state index contributed by atoms with van der Waals surface area (Å²) in [6.45, 7) is 5.70. The second kappa shape index (κ2) is 26.6. The first-order chi connectivity index (χ1) is 26.9. The van der Waals surface area contributed by atoms with Crippen LogP contribution in [0, 0.1) is 0 Å². The van der Waals surface area contributed by atoms with E-state index < -0.39 is 11.8 Å². The van der Waals surface area contributed by atoms with Gasteiger partial charge in [-0.25, -0.2) is 11.7 Å². The fourth-order valence-electron chi connectivity index (χ4n) is 6.08. The van der Waals surface area contributed by atoms with Gasteiger partial charge in [0.25, 0.3) is 11.8 Å². The van der Waals surface area contributed by atoms with Crippen LogP contribution in [0.25, 0.3) is 0 Å². The summed E-state index contributed by atoms with van der Waals surface area (Å²) in [7, 11) is 3.17. The monoisotopic (exact) mass is 784 g/mol. The summed E-state index contributed by atoms with van der Waals surface area (Å²) in [5.74, 6) is 12.2. The lowest BCUT2D eigenvalue weighted by Crippen LogP contribution is -2.30. The van der Waals surface area contributed by atoms with Crippen molar-refractivity contribution in [3.8, 4) is 34.5 Å². The summed E-state index contributed by atoms with van der Waals surface area (Å²) >= 11 is 0.857. The molecule has 0 bridgehead atoms. The van der Waals surface area contributed by atoms with Gasteiger partial charge >= 0.3 is 0 Å². The number of amides is 2. The number of hydrogen-bond donors (Lipinski definition) is 4. The second-order valence-corrected chi connectivity index (χ2v) is 14.6. The van der Waals surface area contributed by atoms with Gasteiger partial charge in [0.1, 0.15) is 23.0 Å². The average molecular weight is 785 g/mol. The molecular weight excluding hydrogens is 721 g/mol. The summed E-state index contributed by atoms with van der Waals surface area (Å²) in [5, 5.41) is 0. The summed E-state index contributed by atoms with van der Waals surface area (Å²) in [6.07, 6.45) is 19.5. The van der Waals surface area contributed by atoms with Crippen LogP contribution in [0.4, 0.5) is 0 Å². The first kappa shape index (κ1) is 45.2. The van der Waals surface area contributed by atoms with Crippen LogP contribution in [-0.2, 0) is 13.2 Å². The molecule has 55 heavy (non-hydrogen) atoms. The number of hydrogen-bond acceptors (Lipinski definition) is 11. The lowest BCUT2D eigenvalue weighted by Gasteiger charge is -2.15. The van der Waals surface area contributed by atoms with E-state index in [1.54, 1.807) is 14.2 Å². The highest BCUT2D eigenvalue weighted by Crippen LogP contribution is 2.44. The molecule has 3 rings (SSSR count). The van der Waals surface area contributed by atoms with Gasteiger partial charge in [0.05, 0.1) is 27.4 Å². The number of carbonyl (C=O) groups is 2. The zero-order chi connectivity index (χ0) is 39.7. The molecule has 0 saturated heterocycles. The van der Waals surface area contributed by atoms with Gasteiger partial charge in [-0.3, -0.25) is 20.4 Å². The molecule has 0 atom stereocenters. The number of thiophene rings is 1.